The van der Waals surface area contributed by atoms with Crippen LogP contribution in [0.15, 0.2) is 164 Å². The van der Waals surface area contributed by atoms with Gasteiger partial charge in [-0.1, -0.05) is 145 Å². The van der Waals surface area contributed by atoms with Gasteiger partial charge in [-0.05, 0) is 222 Å². The molecule has 114 heavy (non-hydrogen) atoms. The van der Waals surface area contributed by atoms with Crippen LogP contribution < -0.4 is 18.3 Å². The molecular weight excluding hydrogens is 1400 g/mol. The van der Waals surface area contributed by atoms with Gasteiger partial charge in [-0.2, -0.15) is 0 Å². The van der Waals surface area contributed by atoms with E-state index in [0.29, 0.717) is 51.3 Å². The van der Waals surface area contributed by atoms with Gasteiger partial charge in [-0.15, -0.1) is 0 Å². The zero-order valence-corrected chi connectivity index (χ0v) is 71.0. The molecule has 16 aromatic rings. The Hall–Kier alpha value is -10.7. The van der Waals surface area contributed by atoms with E-state index in [0.717, 1.165) is 183 Å². The number of benzene rings is 4. The van der Waals surface area contributed by atoms with E-state index in [9.17, 15) is 0 Å². The summed E-state index contributed by atoms with van der Waals surface area (Å²) in [5.74, 6) is -3.47. The Morgan fingerprint density at radius 3 is 0.886 bits per heavy atom. The zero-order chi connectivity index (χ0) is 94.0. The van der Waals surface area contributed by atoms with E-state index >= 15 is 0 Å². The predicted octanol–water partition coefficient (Wildman–Crippen LogP) is 24.5. The van der Waals surface area contributed by atoms with Gasteiger partial charge in [-0.25, -0.2) is 38.2 Å². The largest absolute Gasteiger partial charge is 0.437 e. The van der Waals surface area contributed by atoms with Gasteiger partial charge in [0.05, 0.1) is 22.3 Å². The molecule has 0 aliphatic carbocycles. The van der Waals surface area contributed by atoms with Gasteiger partial charge >= 0.3 is 0 Å². The molecule has 0 amide bonds. The van der Waals surface area contributed by atoms with Crippen LogP contribution in [-0.2, 0) is 66.6 Å². The van der Waals surface area contributed by atoms with E-state index in [4.69, 9.17) is 46.8 Å². The van der Waals surface area contributed by atoms with Gasteiger partial charge in [0.2, 0.25) is 45.6 Å². The van der Waals surface area contributed by atoms with Crippen LogP contribution >= 0.6 is 0 Å². The lowest BCUT2D eigenvalue weighted by atomic mass is 9.96. The maximum absolute atomic E-state index is 8.62. The summed E-state index contributed by atoms with van der Waals surface area (Å²) in [5, 5.41) is 8.05. The highest BCUT2D eigenvalue weighted by atomic mass is 16.4. The monoisotopic (exact) mass is 1540 g/mol. The highest BCUT2D eigenvalue weighted by molar-refractivity contribution is 6.12. The Bertz CT molecular complexity index is 7020. The smallest absolute Gasteiger partial charge is 0.227 e. The molecule has 0 bridgehead atoms. The molecular formula is C102H120N8O4+4. The number of nitrogens with zero attached hydrogens (tertiary/aromatic N) is 8. The summed E-state index contributed by atoms with van der Waals surface area (Å²) in [6.45, 7) is 33.6. The Morgan fingerprint density at radius 1 is 0.333 bits per heavy atom. The number of furan rings is 4. The van der Waals surface area contributed by atoms with Gasteiger partial charge in [0.1, 0.15) is 28.2 Å². The number of rotatable bonds is 16. The lowest BCUT2D eigenvalue weighted by Gasteiger charge is -2.11. The van der Waals surface area contributed by atoms with Crippen LogP contribution in [0.1, 0.15) is 217 Å². The second kappa shape index (κ2) is 33.4. The van der Waals surface area contributed by atoms with E-state index in [1.165, 1.54) is 22.4 Å². The van der Waals surface area contributed by atoms with Crippen LogP contribution in [0.2, 0.25) is 0 Å². The Morgan fingerprint density at radius 2 is 0.605 bits per heavy atom. The minimum Gasteiger partial charge on any atom is -0.437 e. The van der Waals surface area contributed by atoms with Crippen LogP contribution in [0, 0.1) is 79.0 Å². The van der Waals surface area contributed by atoms with Crippen molar-refractivity contribution in [3.8, 4) is 45.0 Å². The molecule has 0 fully saturated rings. The van der Waals surface area contributed by atoms with Crippen molar-refractivity contribution in [3.05, 3.63) is 236 Å². The van der Waals surface area contributed by atoms with Crippen LogP contribution in [0.4, 0.5) is 0 Å². The minimum atomic E-state index is -2.79. The van der Waals surface area contributed by atoms with Crippen molar-refractivity contribution in [2.45, 2.75) is 202 Å². The predicted molar refractivity (Wildman–Crippen MR) is 472 cm³/mol. The quantitative estimate of drug-likeness (QED) is 0.0878. The Balaban J connectivity index is 0.000000146. The summed E-state index contributed by atoms with van der Waals surface area (Å²) in [4.78, 5) is 18.8. The van der Waals surface area contributed by atoms with Gasteiger partial charge in [0.15, 0.2) is 47.1 Å². The van der Waals surface area contributed by atoms with Crippen molar-refractivity contribution in [1.29, 1.82) is 0 Å². The number of hydrogen-bond acceptors (Lipinski definition) is 8. The molecule has 0 aliphatic heterocycles. The third kappa shape index (κ3) is 16.4. The van der Waals surface area contributed by atoms with Crippen molar-refractivity contribution in [1.82, 2.24) is 19.9 Å². The van der Waals surface area contributed by atoms with E-state index in [2.05, 4.69) is 158 Å². The molecule has 0 N–H and O–H groups in total. The zero-order valence-electron chi connectivity index (χ0n) is 85.0. The Labute approximate surface area is 695 Å². The molecule has 12 heteroatoms. The molecule has 12 heterocycles. The maximum atomic E-state index is 8.62. The third-order valence-electron chi connectivity index (χ3n) is 21.7. The first-order valence-corrected chi connectivity index (χ1v) is 40.0. The lowest BCUT2D eigenvalue weighted by Crippen LogP contribution is -2.32. The molecule has 4 aromatic carbocycles. The molecule has 12 nitrogen and oxygen atoms in total. The summed E-state index contributed by atoms with van der Waals surface area (Å²) in [7, 11) is 7.69. The summed E-state index contributed by atoms with van der Waals surface area (Å²) in [5.41, 5.74) is 27.6. The molecule has 2 unspecified atom stereocenters. The molecule has 0 aliphatic rings. The molecule has 2 atom stereocenters. The second-order valence-electron chi connectivity index (χ2n) is 32.4. The summed E-state index contributed by atoms with van der Waals surface area (Å²) < 4.78 is 148. The lowest BCUT2D eigenvalue weighted by molar-refractivity contribution is -0.661. The van der Waals surface area contributed by atoms with Crippen molar-refractivity contribution in [2.75, 3.05) is 0 Å². The summed E-state index contributed by atoms with van der Waals surface area (Å²) in [6, 6.07) is 41.3. The minimum absolute atomic E-state index is 0.110. The van der Waals surface area contributed by atoms with Gasteiger partial charge in [0, 0.05) is 132 Å². The summed E-state index contributed by atoms with van der Waals surface area (Å²) in [6.07, 6.45) is 3.97. The highest BCUT2D eigenvalue weighted by Gasteiger charge is 2.29. The van der Waals surface area contributed by atoms with Crippen LogP contribution in [0.5, 0.6) is 0 Å². The second-order valence-corrected chi connectivity index (χ2v) is 32.4. The van der Waals surface area contributed by atoms with Gasteiger partial charge in [-0.3, -0.25) is 0 Å². The first-order valence-electron chi connectivity index (χ1n) is 47.0. The SMILES string of the molecule is Cc1cc(-c2c(C)ccc3c2oc2nc(C(C)C)ccc23)[n+](C)cc1CC(C)C.[2H]C([2H])([2H])C([2H])(C)C([2H])([2H])c1c[n+](C)c(-c2c(C)ccc3c2oc2nc(C(C)C)ccc23)cc1C.[2H]C([2H])([2H])C([2H])(C)C([2H])([2H])c1c[n+](C)c(-c2c(C)ccc3c2oc2nc(CC)ccc23)cc1C.[2H]C([2H])(c1c[n+](C)c(-c2c(C)ccc3c2oc2nc(CC)ccc23)cc1C)C(C)C. The Kier molecular flexibility index (Phi) is 18.9. The van der Waals surface area contributed by atoms with E-state index in [1.807, 2.05) is 120 Å². The van der Waals surface area contributed by atoms with Crippen molar-refractivity contribution >= 4 is 88.3 Å². The molecule has 0 radical (unpaired) electrons. The van der Waals surface area contributed by atoms with Gasteiger partial charge in [0.25, 0.3) is 0 Å². The van der Waals surface area contributed by atoms with E-state index in [-0.39, 0.29) is 23.0 Å². The van der Waals surface area contributed by atoms with Crippen molar-refractivity contribution < 1.29 is 55.1 Å². The number of aryl methyl sites for hydroxylation is 14. The first kappa shape index (κ1) is 64.6. The summed E-state index contributed by atoms with van der Waals surface area (Å²) >= 11 is 0. The molecule has 12 aromatic heterocycles. The number of fused-ring (bicyclic) bond motifs is 12. The van der Waals surface area contributed by atoms with Crippen LogP contribution in [0.25, 0.3) is 133 Å². The molecule has 588 valence electrons. The number of aromatic nitrogens is 8. The standard InChI is InChI=1S/2C26H31N2O.2C25H29N2O/c2*1-15(2)12-19-14-28(7)23(13-18(19)6)24-17(5)8-9-20-21-10-11-22(16(3)4)27-26(21)29-25(20)24;2*1-7-19-9-11-21-20-10-8-16(4)23(24(20)28-25(21)26-19)22-13-17(5)18(12-15(2)3)14-27(22)6/h2*8-11,13-16H,12H2,1-7H3;2*8-11,13-15H,7,12H2,1-6H3/q4*+1/i1D3,12D2,15D;;2D3,12D2,15D;12D2. The number of pyridine rings is 8. The topological polar surface area (TPSA) is 120 Å². The average Bonchev–Trinajstić information content (AvgIpc) is 1.04. The third-order valence-corrected chi connectivity index (χ3v) is 21.7. The van der Waals surface area contributed by atoms with E-state index < -0.39 is 44.6 Å². The molecule has 0 saturated heterocycles. The first-order chi connectivity index (χ1) is 59.7. The fourth-order valence-corrected chi connectivity index (χ4v) is 15.5. The fraction of sp³-hybridized carbons (Fsp3) is 0.373. The number of hydrogen-bond donors (Lipinski definition) is 0. The van der Waals surface area contributed by atoms with Crippen LogP contribution in [-0.4, -0.2) is 19.9 Å². The van der Waals surface area contributed by atoms with Crippen molar-refractivity contribution in [3.63, 3.8) is 0 Å². The van der Waals surface area contributed by atoms with Crippen LogP contribution in [0.3, 0.4) is 0 Å². The highest BCUT2D eigenvalue weighted by Crippen LogP contribution is 2.43. The average molecular weight is 1540 g/mol. The molecule has 0 spiro atoms. The molecule has 0 saturated carbocycles. The normalized spacial score (nSPS) is 15.4. The molecule has 16 rings (SSSR count). The fourth-order valence-electron chi connectivity index (χ4n) is 15.5. The van der Waals surface area contributed by atoms with E-state index in [1.54, 1.807) is 49.5 Å². The maximum Gasteiger partial charge on any atom is 0.227 e. The van der Waals surface area contributed by atoms with Crippen molar-refractivity contribution in [2.24, 2.45) is 51.8 Å². The van der Waals surface area contributed by atoms with Gasteiger partial charge < -0.3 is 17.7 Å².